The topological polar surface area (TPSA) is 52.6 Å². The minimum absolute atomic E-state index is 0.0751. The van der Waals surface area contributed by atoms with Gasteiger partial charge in [-0.15, -0.1) is 0 Å². The highest BCUT2D eigenvalue weighted by Gasteiger charge is 2.57. The first-order valence-corrected chi connectivity index (χ1v) is 5.01. The normalized spacial score (nSPS) is 34.5. The molecule has 0 aromatic rings. The van der Waals surface area contributed by atoms with Gasteiger partial charge in [-0.05, 0) is 13.8 Å². The molecule has 16 heavy (non-hydrogen) atoms. The average Bonchev–Trinajstić information content (AvgIpc) is 2.44. The predicted octanol–water partition coefficient (Wildman–Crippen LogP) is 1.18. The number of ether oxygens (including phenoxy) is 2. The maximum atomic E-state index is 12.7. The van der Waals surface area contributed by atoms with E-state index in [1.54, 1.807) is 6.92 Å². The Balaban J connectivity index is 2.87. The molecule has 1 aliphatic rings. The van der Waals surface area contributed by atoms with Crippen LogP contribution in [0.3, 0.4) is 0 Å². The van der Waals surface area contributed by atoms with Gasteiger partial charge in [0.1, 0.15) is 5.60 Å². The lowest BCUT2D eigenvalue weighted by atomic mass is 9.89. The smallest absolute Gasteiger partial charge is 0.343 e. The van der Waals surface area contributed by atoms with Crippen LogP contribution in [0.1, 0.15) is 20.8 Å². The maximum Gasteiger partial charge on any atom is 0.343 e. The lowest BCUT2D eigenvalue weighted by Crippen LogP contribution is -2.40. The Morgan fingerprint density at radius 2 is 2.19 bits per heavy atom. The largest absolute Gasteiger partial charge is 0.464 e. The molecular weight excluding hydrogens is 222 g/mol. The van der Waals surface area contributed by atoms with E-state index < -0.39 is 35.8 Å². The van der Waals surface area contributed by atoms with E-state index in [9.17, 15) is 18.4 Å². The zero-order chi connectivity index (χ0) is 12.5. The van der Waals surface area contributed by atoms with Crippen molar-refractivity contribution in [1.29, 1.82) is 0 Å². The predicted molar refractivity (Wildman–Crippen MR) is 50.1 cm³/mol. The standard InChI is InChI=1S/C10H14F2O4/c1-4-15-8(14)7-6(13)5(2)10(3,16-7)9(11)12/h5,7,9H,4H2,1-3H3/t5-,7?,10+/m0/s1. The first kappa shape index (κ1) is 13.0. The molecule has 1 saturated heterocycles. The summed E-state index contributed by atoms with van der Waals surface area (Å²) in [6, 6.07) is 0. The fraction of sp³-hybridized carbons (Fsp3) is 0.800. The highest BCUT2D eigenvalue weighted by Crippen LogP contribution is 2.38. The molecule has 1 rings (SSSR count). The van der Waals surface area contributed by atoms with Crippen molar-refractivity contribution in [1.82, 2.24) is 0 Å². The maximum absolute atomic E-state index is 12.7. The van der Waals surface area contributed by atoms with Crippen molar-refractivity contribution in [2.75, 3.05) is 6.61 Å². The third-order valence-corrected chi connectivity index (χ3v) is 2.85. The number of hydrogen-bond acceptors (Lipinski definition) is 4. The molecule has 92 valence electrons. The number of ketones is 1. The summed E-state index contributed by atoms with van der Waals surface area (Å²) in [6.45, 7) is 4.09. The van der Waals surface area contributed by atoms with Gasteiger partial charge in [0.25, 0.3) is 6.43 Å². The van der Waals surface area contributed by atoms with Gasteiger partial charge in [0.2, 0.25) is 6.10 Å². The number of Topliss-reactive ketones (excluding diaryl/α,β-unsaturated/α-hetero) is 1. The monoisotopic (exact) mass is 236 g/mol. The number of carbonyl (C=O) groups is 2. The molecule has 1 heterocycles. The number of alkyl halides is 2. The number of hydrogen-bond donors (Lipinski definition) is 0. The van der Waals surface area contributed by atoms with Gasteiger partial charge < -0.3 is 9.47 Å². The van der Waals surface area contributed by atoms with E-state index in [2.05, 4.69) is 4.74 Å². The van der Waals surface area contributed by atoms with Crippen LogP contribution in [0.2, 0.25) is 0 Å². The molecule has 0 amide bonds. The van der Waals surface area contributed by atoms with E-state index in [1.807, 2.05) is 0 Å². The molecule has 0 aromatic carbocycles. The number of esters is 1. The second kappa shape index (κ2) is 4.45. The van der Waals surface area contributed by atoms with Gasteiger partial charge in [-0.2, -0.15) is 0 Å². The van der Waals surface area contributed by atoms with E-state index in [1.165, 1.54) is 6.92 Å². The molecule has 1 unspecified atom stereocenters. The summed E-state index contributed by atoms with van der Waals surface area (Å²) in [7, 11) is 0. The minimum atomic E-state index is -2.83. The average molecular weight is 236 g/mol. The van der Waals surface area contributed by atoms with Gasteiger partial charge in [0.15, 0.2) is 5.78 Å². The summed E-state index contributed by atoms with van der Waals surface area (Å²) >= 11 is 0. The van der Waals surface area contributed by atoms with Gasteiger partial charge in [-0.1, -0.05) is 6.92 Å². The summed E-state index contributed by atoms with van der Waals surface area (Å²) in [5, 5.41) is 0. The van der Waals surface area contributed by atoms with E-state index in [0.717, 1.165) is 6.92 Å². The molecule has 0 N–H and O–H groups in total. The quantitative estimate of drug-likeness (QED) is 0.545. The van der Waals surface area contributed by atoms with Crippen LogP contribution in [0, 0.1) is 5.92 Å². The Morgan fingerprint density at radius 1 is 1.62 bits per heavy atom. The lowest BCUT2D eigenvalue weighted by molar-refractivity contribution is -0.173. The summed E-state index contributed by atoms with van der Waals surface area (Å²) in [5.74, 6) is -2.58. The lowest BCUT2D eigenvalue weighted by Gasteiger charge is -2.25. The molecule has 1 fully saturated rings. The van der Waals surface area contributed by atoms with Crippen molar-refractivity contribution in [3.63, 3.8) is 0 Å². The Bertz CT molecular complexity index is 305. The molecule has 0 radical (unpaired) electrons. The van der Waals surface area contributed by atoms with Crippen LogP contribution >= 0.6 is 0 Å². The van der Waals surface area contributed by atoms with Gasteiger partial charge in [-0.3, -0.25) is 4.79 Å². The van der Waals surface area contributed by atoms with Gasteiger partial charge in [-0.25, -0.2) is 13.6 Å². The van der Waals surface area contributed by atoms with E-state index in [0.29, 0.717) is 0 Å². The Hall–Kier alpha value is -1.04. The van der Waals surface area contributed by atoms with E-state index in [4.69, 9.17) is 4.74 Å². The van der Waals surface area contributed by atoms with E-state index in [-0.39, 0.29) is 6.61 Å². The van der Waals surface area contributed by atoms with Crippen LogP contribution in [-0.4, -0.2) is 36.5 Å². The van der Waals surface area contributed by atoms with Crippen LogP contribution in [0.25, 0.3) is 0 Å². The van der Waals surface area contributed by atoms with Gasteiger partial charge >= 0.3 is 5.97 Å². The third kappa shape index (κ3) is 1.93. The number of halogens is 2. The van der Waals surface area contributed by atoms with Crippen LogP contribution in [-0.2, 0) is 19.1 Å². The third-order valence-electron chi connectivity index (χ3n) is 2.85. The van der Waals surface area contributed by atoms with Crippen molar-refractivity contribution >= 4 is 11.8 Å². The van der Waals surface area contributed by atoms with Crippen molar-refractivity contribution in [2.45, 2.75) is 38.9 Å². The Labute approximate surface area is 91.9 Å². The molecule has 1 aliphatic heterocycles. The zero-order valence-electron chi connectivity index (χ0n) is 9.33. The van der Waals surface area contributed by atoms with Crippen LogP contribution in [0.15, 0.2) is 0 Å². The van der Waals surface area contributed by atoms with Crippen molar-refractivity contribution in [3.05, 3.63) is 0 Å². The Morgan fingerprint density at radius 3 is 2.56 bits per heavy atom. The SMILES string of the molecule is CCOC(=O)C1O[C@@](C)(C(F)F)[C@@H](C)C1=O. The number of rotatable bonds is 3. The fourth-order valence-corrected chi connectivity index (χ4v) is 1.55. The molecule has 0 saturated carbocycles. The van der Waals surface area contributed by atoms with Crippen molar-refractivity contribution < 1.29 is 27.8 Å². The molecule has 3 atom stereocenters. The minimum Gasteiger partial charge on any atom is -0.464 e. The Kier molecular flexibility index (Phi) is 3.62. The van der Waals surface area contributed by atoms with E-state index >= 15 is 0 Å². The summed E-state index contributed by atoms with van der Waals surface area (Å²) in [5.41, 5.74) is -1.91. The zero-order valence-corrected chi connectivity index (χ0v) is 9.33. The summed E-state index contributed by atoms with van der Waals surface area (Å²) < 4.78 is 34.9. The first-order chi connectivity index (χ1) is 7.34. The molecule has 0 spiro atoms. The van der Waals surface area contributed by atoms with Gasteiger partial charge in [0.05, 0.1) is 12.5 Å². The van der Waals surface area contributed by atoms with Crippen molar-refractivity contribution in [3.8, 4) is 0 Å². The van der Waals surface area contributed by atoms with Gasteiger partial charge in [0, 0.05) is 0 Å². The summed E-state index contributed by atoms with van der Waals surface area (Å²) in [4.78, 5) is 22.9. The highest BCUT2D eigenvalue weighted by molar-refractivity contribution is 6.05. The highest BCUT2D eigenvalue weighted by atomic mass is 19.3. The first-order valence-electron chi connectivity index (χ1n) is 5.01. The summed E-state index contributed by atoms with van der Waals surface area (Å²) in [6.07, 6.45) is -4.35. The van der Waals surface area contributed by atoms with Crippen molar-refractivity contribution in [2.24, 2.45) is 5.92 Å². The number of carbonyl (C=O) groups excluding carboxylic acids is 2. The van der Waals surface area contributed by atoms with Crippen LogP contribution in [0.5, 0.6) is 0 Å². The molecule has 0 aromatic heterocycles. The second-order valence-electron chi connectivity index (χ2n) is 3.86. The molecular formula is C10H14F2O4. The fourth-order valence-electron chi connectivity index (χ4n) is 1.55. The molecule has 0 aliphatic carbocycles. The second-order valence-corrected chi connectivity index (χ2v) is 3.86. The molecule has 0 bridgehead atoms. The van der Waals surface area contributed by atoms with Crippen LogP contribution < -0.4 is 0 Å². The molecule has 4 nitrogen and oxygen atoms in total. The van der Waals surface area contributed by atoms with Crippen LogP contribution in [0.4, 0.5) is 8.78 Å². The molecule has 6 heteroatoms.